The molecule has 0 radical (unpaired) electrons. The van der Waals surface area contributed by atoms with Gasteiger partial charge in [-0.05, 0) is 35.0 Å². The number of para-hydroxylation sites is 2. The monoisotopic (exact) mass is 408 g/mol. The summed E-state index contributed by atoms with van der Waals surface area (Å²) in [4.78, 5) is 0. The van der Waals surface area contributed by atoms with Crippen LogP contribution in [0.25, 0.3) is 21.8 Å². The van der Waals surface area contributed by atoms with Gasteiger partial charge in [0.1, 0.15) is 5.37 Å². The minimum atomic E-state index is 0.0228. The van der Waals surface area contributed by atoms with E-state index in [0.717, 1.165) is 5.75 Å². The van der Waals surface area contributed by atoms with E-state index in [1.54, 1.807) is 23.7 Å². The van der Waals surface area contributed by atoms with Gasteiger partial charge in [0.25, 0.3) is 0 Å². The highest BCUT2D eigenvalue weighted by Gasteiger charge is 2.18. The molecule has 6 heteroatoms. The lowest BCUT2D eigenvalue weighted by Gasteiger charge is -2.19. The van der Waals surface area contributed by atoms with Crippen molar-refractivity contribution in [2.24, 2.45) is 19.8 Å². The summed E-state index contributed by atoms with van der Waals surface area (Å²) in [5.41, 5.74) is 10.9. The second kappa shape index (κ2) is 7.99. The highest BCUT2D eigenvalue weighted by molar-refractivity contribution is 8.04. The first kappa shape index (κ1) is 19.1. The lowest BCUT2D eigenvalue weighted by molar-refractivity contribution is 0.804. The number of nitrogens with one attached hydrogen (secondary N) is 1. The normalized spacial score (nSPS) is 12.6. The van der Waals surface area contributed by atoms with Gasteiger partial charge in [0.05, 0.1) is 5.03 Å². The maximum atomic E-state index is 5.94. The van der Waals surface area contributed by atoms with Crippen molar-refractivity contribution >= 4 is 45.5 Å². The average Bonchev–Trinajstić information content (AvgIpc) is 3.19. The molecule has 2 heterocycles. The van der Waals surface area contributed by atoms with Gasteiger partial charge in [-0.25, -0.2) is 4.72 Å². The quantitative estimate of drug-likeness (QED) is 0.323. The summed E-state index contributed by atoms with van der Waals surface area (Å²) in [7, 11) is 4.22. The number of aryl methyl sites for hydroxylation is 2. The van der Waals surface area contributed by atoms with Crippen LogP contribution in [0.4, 0.5) is 0 Å². The maximum absolute atomic E-state index is 5.94. The fourth-order valence-electron chi connectivity index (χ4n) is 3.53. The Morgan fingerprint density at radius 2 is 1.61 bits per heavy atom. The molecular formula is C22H24N4S2. The number of thioether (sulfide) groups is 1. The number of benzene rings is 2. The third kappa shape index (κ3) is 3.68. The van der Waals surface area contributed by atoms with Crippen molar-refractivity contribution in [3.63, 3.8) is 0 Å². The smallest absolute Gasteiger partial charge is 0.109 e. The van der Waals surface area contributed by atoms with Crippen LogP contribution < -0.4 is 10.5 Å². The standard InChI is InChI=1S/C22H24N4S2/c1-15(23)28-22(21-13-17-9-5-7-11-20(17)26(21)3)24-27-14-18-12-16-8-4-6-10-19(16)25(18)2/h4-13,22,24H,1,14,23H2,2-3H3. The van der Waals surface area contributed by atoms with Crippen molar-refractivity contribution in [2.75, 3.05) is 0 Å². The third-order valence-corrected chi connectivity index (χ3v) is 6.88. The summed E-state index contributed by atoms with van der Waals surface area (Å²) in [6.45, 7) is 3.89. The van der Waals surface area contributed by atoms with Gasteiger partial charge in [-0.3, -0.25) is 0 Å². The van der Waals surface area contributed by atoms with Crippen LogP contribution in [0.5, 0.6) is 0 Å². The minimum absolute atomic E-state index is 0.0228. The molecule has 0 saturated heterocycles. The molecule has 3 N–H and O–H groups in total. The van der Waals surface area contributed by atoms with E-state index in [2.05, 4.69) is 95.2 Å². The highest BCUT2D eigenvalue weighted by atomic mass is 32.2. The molecular weight excluding hydrogens is 384 g/mol. The Morgan fingerprint density at radius 1 is 1.00 bits per heavy atom. The SMILES string of the molecule is C=C(N)SC(NSCc1cc2ccccc2n1C)c1cc2ccccc2n1C. The maximum Gasteiger partial charge on any atom is 0.109 e. The lowest BCUT2D eigenvalue weighted by Crippen LogP contribution is -2.16. The zero-order valence-corrected chi connectivity index (χ0v) is 17.7. The summed E-state index contributed by atoms with van der Waals surface area (Å²) in [6.07, 6.45) is 0. The van der Waals surface area contributed by atoms with E-state index >= 15 is 0 Å². The first-order valence-electron chi connectivity index (χ1n) is 9.10. The Bertz CT molecular complexity index is 1140. The number of aromatic nitrogens is 2. The third-order valence-electron chi connectivity index (χ3n) is 4.99. The Kier molecular flexibility index (Phi) is 5.44. The second-order valence-electron chi connectivity index (χ2n) is 6.81. The summed E-state index contributed by atoms with van der Waals surface area (Å²) >= 11 is 3.25. The fourth-order valence-corrected chi connectivity index (χ4v) is 5.36. The van der Waals surface area contributed by atoms with E-state index < -0.39 is 0 Å². The largest absolute Gasteiger partial charge is 0.394 e. The van der Waals surface area contributed by atoms with Crippen LogP contribution in [0.2, 0.25) is 0 Å². The van der Waals surface area contributed by atoms with Gasteiger partial charge in [-0.15, -0.1) is 0 Å². The molecule has 0 amide bonds. The van der Waals surface area contributed by atoms with Crippen molar-refractivity contribution in [1.82, 2.24) is 13.9 Å². The Morgan fingerprint density at radius 3 is 2.21 bits per heavy atom. The van der Waals surface area contributed by atoms with Crippen LogP contribution >= 0.6 is 23.7 Å². The zero-order valence-electron chi connectivity index (χ0n) is 16.1. The van der Waals surface area contributed by atoms with Crippen LogP contribution in [0.1, 0.15) is 16.8 Å². The van der Waals surface area contributed by atoms with E-state index in [-0.39, 0.29) is 5.37 Å². The summed E-state index contributed by atoms with van der Waals surface area (Å²) in [5, 5.41) is 3.13. The summed E-state index contributed by atoms with van der Waals surface area (Å²) < 4.78 is 8.07. The molecule has 144 valence electrons. The molecule has 0 fully saturated rings. The molecule has 4 nitrogen and oxygen atoms in total. The predicted molar refractivity (Wildman–Crippen MR) is 124 cm³/mol. The number of nitrogens with zero attached hydrogens (tertiary/aromatic N) is 2. The molecule has 2 aromatic carbocycles. The Balaban J connectivity index is 1.54. The first-order valence-corrected chi connectivity index (χ1v) is 11.0. The van der Waals surface area contributed by atoms with Gasteiger partial charge in [-0.1, -0.05) is 66.7 Å². The number of nitrogens with two attached hydrogens (primary N) is 1. The predicted octanol–water partition coefficient (Wildman–Crippen LogP) is 5.27. The molecule has 0 saturated carbocycles. The van der Waals surface area contributed by atoms with Crippen molar-refractivity contribution in [1.29, 1.82) is 0 Å². The van der Waals surface area contributed by atoms with Crippen LogP contribution in [0.15, 0.2) is 72.3 Å². The van der Waals surface area contributed by atoms with Crippen LogP contribution in [0, 0.1) is 0 Å². The second-order valence-corrected chi connectivity index (χ2v) is 8.86. The number of fused-ring (bicyclic) bond motifs is 2. The molecule has 1 unspecified atom stereocenters. The molecule has 4 rings (SSSR count). The fraction of sp³-hybridized carbons (Fsp3) is 0.182. The zero-order chi connectivity index (χ0) is 19.7. The molecule has 4 aromatic rings. The van der Waals surface area contributed by atoms with Crippen LogP contribution in [0.3, 0.4) is 0 Å². The molecule has 0 bridgehead atoms. The molecule has 28 heavy (non-hydrogen) atoms. The van der Waals surface area contributed by atoms with Crippen LogP contribution in [-0.4, -0.2) is 9.13 Å². The van der Waals surface area contributed by atoms with Gasteiger partial charge in [0.15, 0.2) is 0 Å². The van der Waals surface area contributed by atoms with Gasteiger partial charge < -0.3 is 14.9 Å². The summed E-state index contributed by atoms with van der Waals surface area (Å²) in [6, 6.07) is 21.4. The topological polar surface area (TPSA) is 47.9 Å². The van der Waals surface area contributed by atoms with Crippen molar-refractivity contribution < 1.29 is 0 Å². The molecule has 0 aliphatic rings. The molecule has 0 aliphatic heterocycles. The van der Waals surface area contributed by atoms with Crippen molar-refractivity contribution in [3.8, 4) is 0 Å². The summed E-state index contributed by atoms with van der Waals surface area (Å²) in [5.74, 6) is 0.864. The Hall–Kier alpha value is -2.28. The van der Waals surface area contributed by atoms with Gasteiger partial charge in [0.2, 0.25) is 0 Å². The first-order chi connectivity index (χ1) is 13.5. The number of hydrogen-bond acceptors (Lipinski definition) is 4. The molecule has 0 spiro atoms. The van der Waals surface area contributed by atoms with E-state index in [9.17, 15) is 0 Å². The van der Waals surface area contributed by atoms with Crippen LogP contribution in [-0.2, 0) is 19.8 Å². The Labute approximate surface area is 173 Å². The lowest BCUT2D eigenvalue weighted by atomic mass is 10.2. The van der Waals surface area contributed by atoms with Gasteiger partial charge >= 0.3 is 0 Å². The minimum Gasteiger partial charge on any atom is -0.394 e. The van der Waals surface area contributed by atoms with E-state index in [1.807, 2.05) is 0 Å². The van der Waals surface area contributed by atoms with E-state index in [0.29, 0.717) is 5.03 Å². The van der Waals surface area contributed by atoms with E-state index in [4.69, 9.17) is 5.73 Å². The van der Waals surface area contributed by atoms with Crippen molar-refractivity contribution in [3.05, 3.63) is 83.7 Å². The number of rotatable bonds is 7. The molecule has 0 aliphatic carbocycles. The van der Waals surface area contributed by atoms with Crippen molar-refractivity contribution in [2.45, 2.75) is 11.1 Å². The average molecular weight is 409 g/mol. The highest BCUT2D eigenvalue weighted by Crippen LogP contribution is 2.35. The van der Waals surface area contributed by atoms with E-state index in [1.165, 1.54) is 33.2 Å². The molecule has 1 atom stereocenters. The van der Waals surface area contributed by atoms with Gasteiger partial charge in [0, 0.05) is 42.3 Å². The molecule has 2 aromatic heterocycles. The number of hydrogen-bond donors (Lipinski definition) is 2. The van der Waals surface area contributed by atoms with Gasteiger partial charge in [-0.2, -0.15) is 0 Å².